The summed E-state index contributed by atoms with van der Waals surface area (Å²) in [5.74, 6) is -0.0901. The minimum absolute atomic E-state index is 0.00523. The van der Waals surface area contributed by atoms with Gasteiger partial charge in [0.2, 0.25) is 0 Å². The van der Waals surface area contributed by atoms with Crippen LogP contribution in [0.4, 0.5) is 0 Å². The average Bonchev–Trinajstić information content (AvgIpc) is 2.80. The van der Waals surface area contributed by atoms with Crippen LogP contribution in [-0.2, 0) is 22.7 Å². The number of hydrogen-bond acceptors (Lipinski definition) is 2. The van der Waals surface area contributed by atoms with Gasteiger partial charge in [0.25, 0.3) is 0 Å². The average molecular weight is 311 g/mol. The van der Waals surface area contributed by atoms with Crippen molar-refractivity contribution < 1.29 is 9.53 Å². The topological polar surface area (TPSA) is 31.2 Å². The van der Waals surface area contributed by atoms with E-state index in [-0.39, 0.29) is 29.4 Å². The first kappa shape index (κ1) is 15.9. The molecule has 3 nitrogen and oxygen atoms in total. The standard InChI is InChI=1S/C20H25NO2/c1-19(2)17(20(19,3)4)18(22)23-14-21-11-10-16(13-21)12-15-8-6-5-7-9-15/h5-11,13,17H,12,14H2,1-4H3. The van der Waals surface area contributed by atoms with Gasteiger partial charge in [-0.05, 0) is 34.4 Å². The molecule has 122 valence electrons. The first-order valence-electron chi connectivity index (χ1n) is 8.17. The van der Waals surface area contributed by atoms with E-state index >= 15 is 0 Å². The maximum atomic E-state index is 12.3. The van der Waals surface area contributed by atoms with E-state index in [4.69, 9.17) is 4.74 Å². The zero-order chi connectivity index (χ0) is 16.7. The molecule has 1 heterocycles. The van der Waals surface area contributed by atoms with E-state index in [1.54, 1.807) is 0 Å². The van der Waals surface area contributed by atoms with Crippen LogP contribution in [0.5, 0.6) is 0 Å². The molecular weight excluding hydrogens is 286 g/mol. The Labute approximate surface area is 138 Å². The Morgan fingerprint density at radius 1 is 1.04 bits per heavy atom. The van der Waals surface area contributed by atoms with Crippen molar-refractivity contribution in [2.45, 2.75) is 40.8 Å². The normalized spacial score (nSPS) is 18.6. The molecule has 0 saturated heterocycles. The van der Waals surface area contributed by atoms with E-state index in [1.807, 2.05) is 35.2 Å². The highest BCUT2D eigenvalue weighted by molar-refractivity contribution is 5.78. The molecule has 0 amide bonds. The lowest BCUT2D eigenvalue weighted by molar-refractivity contribution is -0.150. The zero-order valence-corrected chi connectivity index (χ0v) is 14.4. The number of esters is 1. The van der Waals surface area contributed by atoms with Gasteiger partial charge >= 0.3 is 5.97 Å². The molecule has 1 saturated carbocycles. The first-order chi connectivity index (χ1) is 10.8. The molecule has 1 aromatic heterocycles. The molecule has 0 radical (unpaired) electrons. The molecule has 1 aliphatic rings. The summed E-state index contributed by atoms with van der Waals surface area (Å²) < 4.78 is 7.44. The van der Waals surface area contributed by atoms with E-state index < -0.39 is 0 Å². The molecule has 0 N–H and O–H groups in total. The van der Waals surface area contributed by atoms with Crippen LogP contribution in [0, 0.1) is 16.7 Å². The number of hydrogen-bond donors (Lipinski definition) is 0. The molecule has 0 unspecified atom stereocenters. The van der Waals surface area contributed by atoms with Crippen LogP contribution in [0.2, 0.25) is 0 Å². The van der Waals surface area contributed by atoms with Crippen LogP contribution in [0.25, 0.3) is 0 Å². The van der Waals surface area contributed by atoms with Crippen LogP contribution >= 0.6 is 0 Å². The maximum absolute atomic E-state index is 12.3. The Morgan fingerprint density at radius 3 is 2.30 bits per heavy atom. The Kier molecular flexibility index (Phi) is 3.83. The number of ether oxygens (including phenoxy) is 1. The fourth-order valence-electron chi connectivity index (χ4n) is 3.51. The molecule has 0 atom stereocenters. The predicted octanol–water partition coefficient (Wildman–Crippen LogP) is 4.26. The van der Waals surface area contributed by atoms with Crippen molar-refractivity contribution in [2.75, 3.05) is 0 Å². The van der Waals surface area contributed by atoms with Crippen molar-refractivity contribution in [2.24, 2.45) is 16.7 Å². The predicted molar refractivity (Wildman–Crippen MR) is 90.8 cm³/mol. The van der Waals surface area contributed by atoms with Gasteiger partial charge in [-0.2, -0.15) is 0 Å². The Hall–Kier alpha value is -2.03. The van der Waals surface area contributed by atoms with Gasteiger partial charge in [-0.25, -0.2) is 0 Å². The lowest BCUT2D eigenvalue weighted by atomic mass is 10.0. The lowest BCUT2D eigenvalue weighted by Gasteiger charge is -2.07. The van der Waals surface area contributed by atoms with E-state index in [2.05, 4.69) is 45.9 Å². The Balaban J connectivity index is 1.55. The number of nitrogens with zero attached hydrogens (tertiary/aromatic N) is 1. The Bertz CT molecular complexity index is 683. The lowest BCUT2D eigenvalue weighted by Crippen LogP contribution is -2.13. The third-order valence-corrected chi connectivity index (χ3v) is 5.68. The SMILES string of the molecule is CC1(C)C(C(=O)OCn2ccc(Cc3ccccc3)c2)C1(C)C. The van der Waals surface area contributed by atoms with Crippen molar-refractivity contribution in [3.8, 4) is 0 Å². The van der Waals surface area contributed by atoms with Gasteiger partial charge in [-0.3, -0.25) is 4.79 Å². The smallest absolute Gasteiger partial charge is 0.311 e. The van der Waals surface area contributed by atoms with E-state index in [0.29, 0.717) is 0 Å². The molecular formula is C20H25NO2. The largest absolute Gasteiger partial charge is 0.444 e. The third-order valence-electron chi connectivity index (χ3n) is 5.68. The highest BCUT2D eigenvalue weighted by atomic mass is 16.5. The van der Waals surface area contributed by atoms with Crippen LogP contribution in [0.15, 0.2) is 48.8 Å². The fourth-order valence-corrected chi connectivity index (χ4v) is 3.51. The first-order valence-corrected chi connectivity index (χ1v) is 8.17. The third kappa shape index (κ3) is 2.92. The van der Waals surface area contributed by atoms with Crippen molar-refractivity contribution in [3.63, 3.8) is 0 Å². The minimum atomic E-state index is -0.0849. The van der Waals surface area contributed by atoms with Crippen molar-refractivity contribution >= 4 is 5.97 Å². The monoisotopic (exact) mass is 311 g/mol. The highest BCUT2D eigenvalue weighted by Crippen LogP contribution is 2.68. The summed E-state index contributed by atoms with van der Waals surface area (Å²) in [7, 11) is 0. The number of benzene rings is 1. The second-order valence-electron chi connectivity index (χ2n) is 7.67. The summed E-state index contributed by atoms with van der Waals surface area (Å²) in [4.78, 5) is 12.3. The van der Waals surface area contributed by atoms with Gasteiger partial charge in [0, 0.05) is 12.4 Å². The summed E-state index contributed by atoms with van der Waals surface area (Å²) in [6.07, 6.45) is 4.91. The molecule has 23 heavy (non-hydrogen) atoms. The van der Waals surface area contributed by atoms with Crippen LogP contribution in [0.3, 0.4) is 0 Å². The van der Waals surface area contributed by atoms with Gasteiger partial charge in [-0.15, -0.1) is 0 Å². The number of carbonyl (C=O) groups excluding carboxylic acids is 1. The van der Waals surface area contributed by atoms with Gasteiger partial charge in [0.15, 0.2) is 6.73 Å². The maximum Gasteiger partial charge on any atom is 0.311 e. The highest BCUT2D eigenvalue weighted by Gasteiger charge is 2.69. The molecule has 1 aliphatic carbocycles. The summed E-state index contributed by atoms with van der Waals surface area (Å²) in [6.45, 7) is 8.81. The summed E-state index contributed by atoms with van der Waals surface area (Å²) in [6, 6.07) is 12.4. The molecule has 0 bridgehead atoms. The second-order valence-corrected chi connectivity index (χ2v) is 7.67. The molecule has 0 spiro atoms. The van der Waals surface area contributed by atoms with Crippen molar-refractivity contribution in [1.82, 2.24) is 4.57 Å². The summed E-state index contributed by atoms with van der Waals surface area (Å²) >= 11 is 0. The molecule has 1 aromatic carbocycles. The zero-order valence-electron chi connectivity index (χ0n) is 14.4. The number of rotatable bonds is 5. The summed E-state index contributed by atoms with van der Waals surface area (Å²) in [5, 5.41) is 0. The summed E-state index contributed by atoms with van der Waals surface area (Å²) in [5.41, 5.74) is 2.56. The van der Waals surface area contributed by atoms with E-state index in [1.165, 1.54) is 11.1 Å². The van der Waals surface area contributed by atoms with Crippen LogP contribution in [-0.4, -0.2) is 10.5 Å². The quantitative estimate of drug-likeness (QED) is 0.773. The molecule has 2 aromatic rings. The minimum Gasteiger partial charge on any atom is -0.444 e. The van der Waals surface area contributed by atoms with Crippen molar-refractivity contribution in [1.29, 1.82) is 0 Å². The fraction of sp³-hybridized carbons (Fsp3) is 0.450. The van der Waals surface area contributed by atoms with Crippen LogP contribution < -0.4 is 0 Å². The van der Waals surface area contributed by atoms with Gasteiger partial charge in [0.05, 0.1) is 5.92 Å². The number of carbonyl (C=O) groups is 1. The molecule has 0 aliphatic heterocycles. The van der Waals surface area contributed by atoms with Gasteiger partial charge in [0.1, 0.15) is 0 Å². The van der Waals surface area contributed by atoms with E-state index in [9.17, 15) is 4.79 Å². The van der Waals surface area contributed by atoms with Crippen molar-refractivity contribution in [3.05, 3.63) is 59.9 Å². The second kappa shape index (κ2) is 5.55. The van der Waals surface area contributed by atoms with Gasteiger partial charge < -0.3 is 9.30 Å². The number of aromatic nitrogens is 1. The van der Waals surface area contributed by atoms with E-state index in [0.717, 1.165) is 6.42 Å². The molecule has 3 heteroatoms. The Morgan fingerprint density at radius 2 is 1.70 bits per heavy atom. The van der Waals surface area contributed by atoms with Crippen LogP contribution in [0.1, 0.15) is 38.8 Å². The van der Waals surface area contributed by atoms with Gasteiger partial charge in [-0.1, -0.05) is 58.0 Å². The molecule has 1 fully saturated rings. The molecule has 3 rings (SSSR count).